The van der Waals surface area contributed by atoms with Crippen LogP contribution in [0.2, 0.25) is 0 Å². The fraction of sp³-hybridized carbons (Fsp3) is 0.941. The van der Waals surface area contributed by atoms with Crippen molar-refractivity contribution in [2.45, 2.75) is 84.5 Å². The molecule has 0 aromatic carbocycles. The van der Waals surface area contributed by atoms with Crippen LogP contribution >= 0.6 is 0 Å². The summed E-state index contributed by atoms with van der Waals surface area (Å²) in [6.45, 7) is 12.5. The van der Waals surface area contributed by atoms with E-state index in [1.54, 1.807) is 0 Å². The Balaban J connectivity index is 3.62. The molecule has 0 heterocycles. The molecule has 0 N–H and O–H groups in total. The summed E-state index contributed by atoms with van der Waals surface area (Å²) in [7, 11) is 0. The quantitative estimate of drug-likeness (QED) is 0.372. The molecule has 0 aliphatic rings. The van der Waals surface area contributed by atoms with E-state index in [1.165, 1.54) is 83.8 Å². The van der Waals surface area contributed by atoms with E-state index in [2.05, 4.69) is 25.7 Å². The lowest BCUT2D eigenvalue weighted by Gasteiger charge is -2.22. The molecule has 0 aliphatic carbocycles. The van der Waals surface area contributed by atoms with Crippen LogP contribution in [0.25, 0.3) is 0 Å². The maximum absolute atomic E-state index is 3.92. The highest BCUT2D eigenvalue weighted by molar-refractivity contribution is 4.59. The summed E-state index contributed by atoms with van der Waals surface area (Å²) in [4.78, 5) is 2.70. The van der Waals surface area contributed by atoms with E-state index in [9.17, 15) is 0 Å². The molecule has 0 saturated heterocycles. The summed E-state index contributed by atoms with van der Waals surface area (Å²) in [5.41, 5.74) is 0. The lowest BCUT2D eigenvalue weighted by molar-refractivity contribution is 0.255. The van der Waals surface area contributed by atoms with Crippen LogP contribution in [0.5, 0.6) is 0 Å². The van der Waals surface area contributed by atoms with Gasteiger partial charge in [-0.3, -0.25) is 0 Å². The highest BCUT2D eigenvalue weighted by Crippen LogP contribution is 2.07. The molecule has 0 atom stereocenters. The molecule has 0 aromatic rings. The topological polar surface area (TPSA) is 3.24 Å². The van der Waals surface area contributed by atoms with Crippen molar-refractivity contribution in [3.05, 3.63) is 6.92 Å². The molecule has 1 nitrogen and oxygen atoms in total. The van der Waals surface area contributed by atoms with Crippen LogP contribution in [0.1, 0.15) is 84.5 Å². The monoisotopic (exact) mass is 254 g/mol. The Morgan fingerprint density at radius 2 is 1.06 bits per heavy atom. The molecule has 0 rings (SSSR count). The van der Waals surface area contributed by atoms with E-state index >= 15 is 0 Å². The van der Waals surface area contributed by atoms with Gasteiger partial charge in [-0.05, 0) is 38.9 Å². The molecule has 109 valence electrons. The number of unbranched alkanes of at least 4 members (excludes halogenated alkanes) is 8. The second-order valence-electron chi connectivity index (χ2n) is 5.52. The molecule has 0 spiro atoms. The average molecular weight is 254 g/mol. The van der Waals surface area contributed by atoms with E-state index in [4.69, 9.17) is 0 Å². The van der Waals surface area contributed by atoms with Gasteiger partial charge in [0.1, 0.15) is 0 Å². The van der Waals surface area contributed by atoms with E-state index in [1.807, 2.05) is 0 Å². The standard InChI is InChI=1S/C17H36N/c1-4-7-10-13-16-18(15-12-9-6-3)17-14-11-8-5-2/h1,4-17H2,2-3H3. The van der Waals surface area contributed by atoms with Crippen molar-refractivity contribution in [2.24, 2.45) is 0 Å². The van der Waals surface area contributed by atoms with Crippen LogP contribution in [0, 0.1) is 6.92 Å². The first-order chi connectivity index (χ1) is 8.85. The van der Waals surface area contributed by atoms with Gasteiger partial charge in [0.15, 0.2) is 0 Å². The second-order valence-corrected chi connectivity index (χ2v) is 5.52. The van der Waals surface area contributed by atoms with E-state index < -0.39 is 0 Å². The summed E-state index contributed by atoms with van der Waals surface area (Å²) in [5, 5.41) is 0. The fourth-order valence-electron chi connectivity index (χ4n) is 2.37. The summed E-state index contributed by atoms with van der Waals surface area (Å²) < 4.78 is 0. The number of nitrogens with zero attached hydrogens (tertiary/aromatic N) is 1. The predicted octanol–water partition coefficient (Wildman–Crippen LogP) is 5.45. The lowest BCUT2D eigenvalue weighted by atomic mass is 10.1. The second kappa shape index (κ2) is 15.0. The third-order valence-electron chi connectivity index (χ3n) is 3.63. The molecular formula is C17H36N. The lowest BCUT2D eigenvalue weighted by Crippen LogP contribution is -2.27. The van der Waals surface area contributed by atoms with Gasteiger partial charge in [0, 0.05) is 0 Å². The SMILES string of the molecule is [CH2]CCCCCN(CCCCC)CCCCCC. The molecule has 0 fully saturated rings. The number of hydrogen-bond acceptors (Lipinski definition) is 1. The average Bonchev–Trinajstić information content (AvgIpc) is 2.39. The van der Waals surface area contributed by atoms with Gasteiger partial charge in [-0.2, -0.15) is 0 Å². The first-order valence-electron chi connectivity index (χ1n) is 8.36. The predicted molar refractivity (Wildman–Crippen MR) is 83.9 cm³/mol. The van der Waals surface area contributed by atoms with Crippen molar-refractivity contribution >= 4 is 0 Å². The molecule has 0 saturated carbocycles. The summed E-state index contributed by atoms with van der Waals surface area (Å²) in [6.07, 6.45) is 14.8. The first kappa shape index (κ1) is 18.0. The maximum Gasteiger partial charge on any atom is -0.00187 e. The largest absolute Gasteiger partial charge is 0.303 e. The van der Waals surface area contributed by atoms with Crippen molar-refractivity contribution in [3.63, 3.8) is 0 Å². The maximum atomic E-state index is 3.92. The van der Waals surface area contributed by atoms with Crippen molar-refractivity contribution in [2.75, 3.05) is 19.6 Å². The Hall–Kier alpha value is -0.0400. The third-order valence-corrected chi connectivity index (χ3v) is 3.63. The molecule has 1 radical (unpaired) electrons. The van der Waals surface area contributed by atoms with E-state index in [0.29, 0.717) is 0 Å². The molecule has 0 amide bonds. The van der Waals surface area contributed by atoms with E-state index in [0.717, 1.165) is 6.42 Å². The van der Waals surface area contributed by atoms with Crippen LogP contribution in [-0.4, -0.2) is 24.5 Å². The van der Waals surface area contributed by atoms with Gasteiger partial charge >= 0.3 is 0 Å². The smallest absolute Gasteiger partial charge is 0.00187 e. The Kier molecular flexibility index (Phi) is 15.0. The van der Waals surface area contributed by atoms with Gasteiger partial charge < -0.3 is 4.90 Å². The number of rotatable bonds is 14. The molecule has 18 heavy (non-hydrogen) atoms. The van der Waals surface area contributed by atoms with Crippen molar-refractivity contribution in [3.8, 4) is 0 Å². The van der Waals surface area contributed by atoms with Crippen molar-refractivity contribution in [1.29, 1.82) is 0 Å². The fourth-order valence-corrected chi connectivity index (χ4v) is 2.37. The Labute approximate surface area is 116 Å². The molecule has 0 aliphatic heterocycles. The van der Waals surface area contributed by atoms with Gasteiger partial charge in [-0.15, -0.1) is 0 Å². The summed E-state index contributed by atoms with van der Waals surface area (Å²) in [6, 6.07) is 0. The van der Waals surface area contributed by atoms with Gasteiger partial charge in [0.25, 0.3) is 0 Å². The Morgan fingerprint density at radius 1 is 0.611 bits per heavy atom. The highest BCUT2D eigenvalue weighted by Gasteiger charge is 2.03. The molecule has 1 heteroatoms. The van der Waals surface area contributed by atoms with Crippen LogP contribution in [0.4, 0.5) is 0 Å². The van der Waals surface area contributed by atoms with Crippen molar-refractivity contribution < 1.29 is 0 Å². The van der Waals surface area contributed by atoms with Crippen LogP contribution in [0.3, 0.4) is 0 Å². The molecule has 0 unspecified atom stereocenters. The minimum atomic E-state index is 1.10. The minimum absolute atomic E-state index is 1.10. The van der Waals surface area contributed by atoms with E-state index in [-0.39, 0.29) is 0 Å². The van der Waals surface area contributed by atoms with Crippen LogP contribution in [0.15, 0.2) is 0 Å². The van der Waals surface area contributed by atoms with Gasteiger partial charge in [0.2, 0.25) is 0 Å². The normalized spacial score (nSPS) is 11.3. The minimum Gasteiger partial charge on any atom is -0.303 e. The zero-order valence-corrected chi connectivity index (χ0v) is 13.1. The molecular weight excluding hydrogens is 218 g/mol. The molecule has 0 bridgehead atoms. The van der Waals surface area contributed by atoms with Gasteiger partial charge in [-0.1, -0.05) is 72.1 Å². The molecule has 0 aromatic heterocycles. The van der Waals surface area contributed by atoms with Crippen molar-refractivity contribution in [1.82, 2.24) is 4.90 Å². The Morgan fingerprint density at radius 3 is 1.56 bits per heavy atom. The van der Waals surface area contributed by atoms with Gasteiger partial charge in [-0.25, -0.2) is 0 Å². The van der Waals surface area contributed by atoms with Gasteiger partial charge in [0.05, 0.1) is 0 Å². The summed E-state index contributed by atoms with van der Waals surface area (Å²) in [5.74, 6) is 0. The summed E-state index contributed by atoms with van der Waals surface area (Å²) >= 11 is 0. The number of hydrogen-bond donors (Lipinski definition) is 0. The zero-order valence-electron chi connectivity index (χ0n) is 13.1. The first-order valence-corrected chi connectivity index (χ1v) is 8.36. The zero-order chi connectivity index (χ0) is 13.5. The highest BCUT2D eigenvalue weighted by atomic mass is 15.1. The third kappa shape index (κ3) is 12.4. The Bertz CT molecular complexity index is 133. The van der Waals surface area contributed by atoms with Crippen LogP contribution in [-0.2, 0) is 0 Å². The van der Waals surface area contributed by atoms with Crippen LogP contribution < -0.4 is 0 Å².